The second-order valence-electron chi connectivity index (χ2n) is 6.50. The normalized spacial score (nSPS) is 11.8. The van der Waals surface area contributed by atoms with Crippen LogP contribution in [0.3, 0.4) is 0 Å². The van der Waals surface area contributed by atoms with Crippen molar-refractivity contribution in [1.82, 2.24) is 10.6 Å². The maximum Gasteiger partial charge on any atom is 0.412 e. The molecule has 6 nitrogen and oxygen atoms in total. The highest BCUT2D eigenvalue weighted by atomic mass is 16.6. The Labute approximate surface area is 145 Å². The monoisotopic (exact) mass is 334 g/mol. The van der Waals surface area contributed by atoms with E-state index in [2.05, 4.69) is 27.9 Å². The number of ether oxygens (including phenoxy) is 1. The third-order valence-corrected chi connectivity index (χ3v) is 3.07. The van der Waals surface area contributed by atoms with E-state index in [1.54, 1.807) is 7.05 Å². The van der Waals surface area contributed by atoms with Gasteiger partial charge in [0.15, 0.2) is 5.96 Å². The van der Waals surface area contributed by atoms with Crippen LogP contribution in [0, 0.1) is 0 Å². The van der Waals surface area contributed by atoms with Gasteiger partial charge in [-0.25, -0.2) is 4.79 Å². The summed E-state index contributed by atoms with van der Waals surface area (Å²) in [6.45, 7) is 9.34. The van der Waals surface area contributed by atoms with Crippen molar-refractivity contribution in [3.8, 4) is 0 Å². The first-order valence-corrected chi connectivity index (χ1v) is 8.37. The Bertz CT molecular complexity index is 533. The second-order valence-corrected chi connectivity index (χ2v) is 6.50. The molecular weight excluding hydrogens is 304 g/mol. The fourth-order valence-corrected chi connectivity index (χ4v) is 1.97. The number of anilines is 1. The van der Waals surface area contributed by atoms with Gasteiger partial charge in [-0.3, -0.25) is 10.3 Å². The van der Waals surface area contributed by atoms with Gasteiger partial charge in [-0.05, 0) is 51.3 Å². The molecule has 0 aliphatic carbocycles. The summed E-state index contributed by atoms with van der Waals surface area (Å²) in [4.78, 5) is 15.9. The molecule has 0 saturated heterocycles. The molecule has 3 N–H and O–H groups in total. The van der Waals surface area contributed by atoms with Crippen LogP contribution in [0.2, 0.25) is 0 Å². The highest BCUT2D eigenvalue weighted by molar-refractivity contribution is 5.84. The molecule has 0 aromatic heterocycles. The number of hydrogen-bond acceptors (Lipinski definition) is 3. The van der Waals surface area contributed by atoms with Gasteiger partial charge in [-0.15, -0.1) is 0 Å². The van der Waals surface area contributed by atoms with Crippen LogP contribution in [0.25, 0.3) is 0 Å². The van der Waals surface area contributed by atoms with E-state index < -0.39 is 11.7 Å². The minimum Gasteiger partial charge on any atom is -0.444 e. The fourth-order valence-electron chi connectivity index (χ4n) is 1.97. The molecule has 0 atom stereocenters. The van der Waals surface area contributed by atoms with Gasteiger partial charge >= 0.3 is 6.09 Å². The third-order valence-electron chi connectivity index (χ3n) is 3.07. The zero-order valence-electron chi connectivity index (χ0n) is 15.4. The summed E-state index contributed by atoms with van der Waals surface area (Å²) in [7, 11) is 1.77. The van der Waals surface area contributed by atoms with E-state index in [0.717, 1.165) is 37.6 Å². The summed E-state index contributed by atoms with van der Waals surface area (Å²) in [6.07, 6.45) is 1.49. The molecule has 24 heavy (non-hydrogen) atoms. The van der Waals surface area contributed by atoms with Crippen LogP contribution in [0.15, 0.2) is 29.3 Å². The molecule has 0 fully saturated rings. The number of nitrogens with zero attached hydrogens (tertiary/aromatic N) is 1. The molecule has 134 valence electrons. The quantitative estimate of drug-likeness (QED) is 0.552. The van der Waals surface area contributed by atoms with Gasteiger partial charge in [0.2, 0.25) is 0 Å². The van der Waals surface area contributed by atoms with E-state index in [9.17, 15) is 4.79 Å². The lowest BCUT2D eigenvalue weighted by Gasteiger charge is -2.19. The molecule has 0 saturated carbocycles. The average molecular weight is 334 g/mol. The van der Waals surface area contributed by atoms with Gasteiger partial charge in [0.05, 0.1) is 0 Å². The lowest BCUT2D eigenvalue weighted by Crippen LogP contribution is -2.38. The van der Waals surface area contributed by atoms with Gasteiger partial charge in [0, 0.05) is 25.8 Å². The van der Waals surface area contributed by atoms with Crippen molar-refractivity contribution < 1.29 is 9.53 Å². The number of guanidine groups is 1. The van der Waals surface area contributed by atoms with Crippen molar-refractivity contribution >= 4 is 17.7 Å². The van der Waals surface area contributed by atoms with Crippen LogP contribution < -0.4 is 16.0 Å². The van der Waals surface area contributed by atoms with Crippen molar-refractivity contribution in [1.29, 1.82) is 0 Å². The maximum absolute atomic E-state index is 11.7. The van der Waals surface area contributed by atoms with Crippen molar-refractivity contribution in [3.63, 3.8) is 0 Å². The van der Waals surface area contributed by atoms with E-state index in [0.29, 0.717) is 0 Å². The maximum atomic E-state index is 11.7. The van der Waals surface area contributed by atoms with Gasteiger partial charge in [-0.2, -0.15) is 0 Å². The SMILES string of the molecule is CCCNC(=NC)NCCc1ccc(NC(=O)OC(C)(C)C)cc1. The Kier molecular flexibility index (Phi) is 8.09. The first-order chi connectivity index (χ1) is 11.3. The van der Waals surface area contributed by atoms with Crippen molar-refractivity contribution in [2.24, 2.45) is 4.99 Å². The van der Waals surface area contributed by atoms with Gasteiger partial charge in [0.25, 0.3) is 0 Å². The summed E-state index contributed by atoms with van der Waals surface area (Å²) in [5.41, 5.74) is 1.41. The Morgan fingerprint density at radius 2 is 1.75 bits per heavy atom. The highest BCUT2D eigenvalue weighted by Crippen LogP contribution is 2.13. The summed E-state index contributed by atoms with van der Waals surface area (Å²) >= 11 is 0. The predicted octanol–water partition coefficient (Wildman–Crippen LogP) is 3.15. The predicted molar refractivity (Wildman–Crippen MR) is 99.7 cm³/mol. The Morgan fingerprint density at radius 3 is 2.29 bits per heavy atom. The Hall–Kier alpha value is -2.24. The topological polar surface area (TPSA) is 74.8 Å². The molecule has 0 radical (unpaired) electrons. The number of nitrogens with one attached hydrogen (secondary N) is 3. The van der Waals surface area contributed by atoms with Gasteiger partial charge in [0.1, 0.15) is 5.60 Å². The minimum absolute atomic E-state index is 0.442. The smallest absolute Gasteiger partial charge is 0.412 e. The zero-order valence-corrected chi connectivity index (χ0v) is 15.4. The fraction of sp³-hybridized carbons (Fsp3) is 0.556. The molecule has 0 heterocycles. The molecule has 1 rings (SSSR count). The average Bonchev–Trinajstić information content (AvgIpc) is 2.50. The van der Waals surface area contributed by atoms with Crippen molar-refractivity contribution in [3.05, 3.63) is 29.8 Å². The van der Waals surface area contributed by atoms with Crippen LogP contribution >= 0.6 is 0 Å². The first kappa shape index (κ1) is 19.8. The zero-order chi connectivity index (χ0) is 18.0. The number of hydrogen-bond donors (Lipinski definition) is 3. The Balaban J connectivity index is 2.41. The van der Waals surface area contributed by atoms with E-state index in [1.165, 1.54) is 5.56 Å². The molecule has 0 bridgehead atoms. The molecule has 0 aliphatic heterocycles. The molecule has 0 spiro atoms. The minimum atomic E-state index is -0.500. The van der Waals surface area contributed by atoms with Crippen LogP contribution in [-0.4, -0.2) is 37.8 Å². The summed E-state index contributed by atoms with van der Waals surface area (Å²) < 4.78 is 5.23. The largest absolute Gasteiger partial charge is 0.444 e. The van der Waals surface area contributed by atoms with Crippen LogP contribution in [0.1, 0.15) is 39.7 Å². The van der Waals surface area contributed by atoms with Crippen molar-refractivity contribution in [2.45, 2.75) is 46.1 Å². The lowest BCUT2D eigenvalue weighted by atomic mass is 10.1. The molecule has 0 aliphatic rings. The van der Waals surface area contributed by atoms with Gasteiger partial charge in [-0.1, -0.05) is 19.1 Å². The second kappa shape index (κ2) is 9.80. The molecule has 6 heteroatoms. The molecule has 1 aromatic rings. The van der Waals surface area contributed by atoms with Crippen LogP contribution in [0.5, 0.6) is 0 Å². The number of aliphatic imine (C=N–C) groups is 1. The number of carbonyl (C=O) groups is 1. The van der Waals surface area contributed by atoms with Crippen LogP contribution in [-0.2, 0) is 11.2 Å². The highest BCUT2D eigenvalue weighted by Gasteiger charge is 2.15. The van der Waals surface area contributed by atoms with E-state index >= 15 is 0 Å². The summed E-state index contributed by atoms with van der Waals surface area (Å²) in [5, 5.41) is 9.23. The number of amides is 1. The van der Waals surface area contributed by atoms with Gasteiger partial charge < -0.3 is 15.4 Å². The molecule has 1 aromatic carbocycles. The van der Waals surface area contributed by atoms with E-state index in [4.69, 9.17) is 4.74 Å². The third kappa shape index (κ3) is 8.41. The van der Waals surface area contributed by atoms with Crippen molar-refractivity contribution in [2.75, 3.05) is 25.5 Å². The summed E-state index contributed by atoms with van der Waals surface area (Å²) in [6, 6.07) is 7.75. The first-order valence-electron chi connectivity index (χ1n) is 8.37. The Morgan fingerprint density at radius 1 is 1.12 bits per heavy atom. The van der Waals surface area contributed by atoms with E-state index in [1.807, 2.05) is 45.0 Å². The lowest BCUT2D eigenvalue weighted by molar-refractivity contribution is 0.0636. The number of rotatable bonds is 6. The molecule has 1 amide bonds. The molecule has 0 unspecified atom stereocenters. The standard InChI is InChI=1S/C18H30N4O2/c1-6-12-20-16(19-5)21-13-11-14-7-9-15(10-8-14)22-17(23)24-18(2,3)4/h7-10H,6,11-13H2,1-5H3,(H,22,23)(H2,19,20,21). The summed E-state index contributed by atoms with van der Waals surface area (Å²) in [5.74, 6) is 0.820. The molecular formula is C18H30N4O2. The number of benzene rings is 1. The number of carbonyl (C=O) groups excluding carboxylic acids is 1. The van der Waals surface area contributed by atoms with Crippen LogP contribution in [0.4, 0.5) is 10.5 Å². The van der Waals surface area contributed by atoms with E-state index in [-0.39, 0.29) is 0 Å².